The maximum Gasteiger partial charge on any atom is 0.123 e. The van der Waals surface area contributed by atoms with Crippen LogP contribution in [0.5, 0.6) is 0 Å². The zero-order valence-electron chi connectivity index (χ0n) is 16.3. The molecule has 3 heterocycles. The number of rotatable bonds is 1. The number of benzene rings is 2. The Hall–Kier alpha value is -2.13. The summed E-state index contributed by atoms with van der Waals surface area (Å²) in [4.78, 5) is 2.45. The van der Waals surface area contributed by atoms with Crippen molar-refractivity contribution in [2.45, 2.75) is 45.1 Å². The number of hydrogen-bond acceptors (Lipinski definition) is 1. The fourth-order valence-electron chi connectivity index (χ4n) is 5.17. The molecule has 0 radical (unpaired) electrons. The molecule has 0 spiro atoms. The predicted molar refractivity (Wildman–Crippen MR) is 109 cm³/mol. The van der Waals surface area contributed by atoms with Crippen LogP contribution in [0.3, 0.4) is 0 Å². The molecule has 3 heteroatoms. The van der Waals surface area contributed by atoms with E-state index in [0.29, 0.717) is 5.92 Å². The topological polar surface area (TPSA) is 8.17 Å². The van der Waals surface area contributed by atoms with Gasteiger partial charge in [-0.2, -0.15) is 0 Å². The average Bonchev–Trinajstić information content (AvgIpc) is 2.79. The molecule has 0 saturated heterocycles. The van der Waals surface area contributed by atoms with E-state index in [1.165, 1.54) is 33.3 Å². The zero-order chi connectivity index (χ0) is 18.5. The van der Waals surface area contributed by atoms with Gasteiger partial charge in [-0.1, -0.05) is 23.8 Å². The highest BCUT2D eigenvalue weighted by molar-refractivity contribution is 5.89. The summed E-state index contributed by atoms with van der Waals surface area (Å²) in [6.45, 7) is 5.50. The molecule has 5 rings (SSSR count). The lowest BCUT2D eigenvalue weighted by molar-refractivity contribution is 0.350. The summed E-state index contributed by atoms with van der Waals surface area (Å²) in [5.41, 5.74) is 8.71. The molecular weight excluding hydrogens is 335 g/mol. The van der Waals surface area contributed by atoms with Gasteiger partial charge in [0, 0.05) is 43.1 Å². The first-order chi connectivity index (χ1) is 13.1. The Labute approximate surface area is 160 Å². The van der Waals surface area contributed by atoms with E-state index >= 15 is 0 Å². The van der Waals surface area contributed by atoms with Gasteiger partial charge < -0.3 is 9.47 Å². The molecule has 3 aromatic rings. The second-order valence-corrected chi connectivity index (χ2v) is 8.45. The summed E-state index contributed by atoms with van der Waals surface area (Å²) in [5, 5.41) is 1.48. The van der Waals surface area contributed by atoms with Gasteiger partial charge in [0.05, 0.1) is 5.52 Å². The number of fused-ring (bicyclic) bond motifs is 3. The maximum absolute atomic E-state index is 13.4. The molecule has 140 valence electrons. The maximum atomic E-state index is 13.4. The van der Waals surface area contributed by atoms with E-state index in [4.69, 9.17) is 0 Å². The van der Waals surface area contributed by atoms with Crippen molar-refractivity contribution in [2.24, 2.45) is 0 Å². The standard InChI is InChI=1S/C24H27FN2/c1-16-13-18-3-4-19(17-5-7-20(25)8-6-17)15-27-23-10-12-26(2)11-9-21(23)22(14-16)24(18)27/h5-8,13-14,19H,3-4,9-12,15H2,1-2H3. The van der Waals surface area contributed by atoms with Crippen LogP contribution in [-0.2, 0) is 25.8 Å². The number of halogens is 1. The second kappa shape index (κ2) is 6.49. The van der Waals surface area contributed by atoms with E-state index in [9.17, 15) is 4.39 Å². The lowest BCUT2D eigenvalue weighted by Gasteiger charge is -2.19. The Morgan fingerprint density at radius 1 is 1.00 bits per heavy atom. The van der Waals surface area contributed by atoms with Crippen LogP contribution in [0.15, 0.2) is 36.4 Å². The lowest BCUT2D eigenvalue weighted by Crippen LogP contribution is -2.21. The lowest BCUT2D eigenvalue weighted by atomic mass is 9.92. The molecule has 2 aliphatic rings. The summed E-state index contributed by atoms with van der Waals surface area (Å²) in [6, 6.07) is 12.0. The molecule has 0 fully saturated rings. The van der Waals surface area contributed by atoms with E-state index in [1.54, 1.807) is 17.7 Å². The molecular formula is C24H27FN2. The van der Waals surface area contributed by atoms with Crippen LogP contribution >= 0.6 is 0 Å². The molecule has 2 aliphatic heterocycles. The summed E-state index contributed by atoms with van der Waals surface area (Å²) in [7, 11) is 2.23. The van der Waals surface area contributed by atoms with E-state index in [-0.39, 0.29) is 5.82 Å². The number of nitrogens with zero attached hydrogens (tertiary/aromatic N) is 2. The minimum Gasteiger partial charge on any atom is -0.343 e. The third-order valence-electron chi connectivity index (χ3n) is 6.58. The summed E-state index contributed by atoms with van der Waals surface area (Å²) in [6.07, 6.45) is 4.48. The molecule has 27 heavy (non-hydrogen) atoms. The van der Waals surface area contributed by atoms with Gasteiger partial charge in [-0.15, -0.1) is 0 Å². The Balaban J connectivity index is 1.67. The van der Waals surface area contributed by atoms with Crippen molar-refractivity contribution in [3.05, 3.63) is 70.2 Å². The highest BCUT2D eigenvalue weighted by atomic mass is 19.1. The second-order valence-electron chi connectivity index (χ2n) is 8.45. The van der Waals surface area contributed by atoms with Gasteiger partial charge >= 0.3 is 0 Å². The van der Waals surface area contributed by atoms with Crippen molar-refractivity contribution in [3.8, 4) is 0 Å². The highest BCUT2D eigenvalue weighted by Crippen LogP contribution is 2.38. The molecule has 2 aromatic carbocycles. The number of likely N-dealkylation sites (N-methyl/N-ethyl adjacent to an activating group) is 1. The Bertz CT molecular complexity index is 1000. The Morgan fingerprint density at radius 2 is 1.78 bits per heavy atom. The van der Waals surface area contributed by atoms with Crippen molar-refractivity contribution in [1.29, 1.82) is 0 Å². The first kappa shape index (κ1) is 17.0. The SMILES string of the molecule is Cc1cc2c3c(c1)c1c(n3CC(c3ccc(F)cc3)CC2)CCN(C)CC1. The quantitative estimate of drug-likeness (QED) is 0.601. The van der Waals surface area contributed by atoms with Crippen LogP contribution in [0.4, 0.5) is 4.39 Å². The van der Waals surface area contributed by atoms with Gasteiger partial charge in [-0.3, -0.25) is 0 Å². The molecule has 0 bridgehead atoms. The average molecular weight is 362 g/mol. The Morgan fingerprint density at radius 3 is 2.59 bits per heavy atom. The largest absolute Gasteiger partial charge is 0.343 e. The predicted octanol–water partition coefficient (Wildman–Crippen LogP) is 4.85. The van der Waals surface area contributed by atoms with Crippen LogP contribution in [0, 0.1) is 12.7 Å². The van der Waals surface area contributed by atoms with E-state index in [1.807, 2.05) is 12.1 Å². The molecule has 0 saturated carbocycles. The number of aromatic nitrogens is 1. The van der Waals surface area contributed by atoms with Crippen molar-refractivity contribution < 1.29 is 4.39 Å². The van der Waals surface area contributed by atoms with Crippen LogP contribution in [0.1, 0.15) is 40.3 Å². The molecule has 0 aliphatic carbocycles. The van der Waals surface area contributed by atoms with Gasteiger partial charge in [0.25, 0.3) is 0 Å². The molecule has 1 atom stereocenters. The van der Waals surface area contributed by atoms with Crippen LogP contribution in [0.2, 0.25) is 0 Å². The first-order valence-corrected chi connectivity index (χ1v) is 10.2. The van der Waals surface area contributed by atoms with Gasteiger partial charge in [-0.05, 0) is 68.1 Å². The van der Waals surface area contributed by atoms with Gasteiger partial charge in [0.2, 0.25) is 0 Å². The fraction of sp³-hybridized carbons (Fsp3) is 0.417. The molecule has 2 nitrogen and oxygen atoms in total. The summed E-state index contributed by atoms with van der Waals surface area (Å²) < 4.78 is 16.1. The van der Waals surface area contributed by atoms with Crippen LogP contribution < -0.4 is 0 Å². The van der Waals surface area contributed by atoms with Gasteiger partial charge in [0.1, 0.15) is 5.82 Å². The molecule has 0 N–H and O–H groups in total. The summed E-state index contributed by atoms with van der Waals surface area (Å²) in [5.74, 6) is 0.297. The smallest absolute Gasteiger partial charge is 0.123 e. The van der Waals surface area contributed by atoms with Crippen molar-refractivity contribution in [3.63, 3.8) is 0 Å². The molecule has 1 unspecified atom stereocenters. The third kappa shape index (κ3) is 2.89. The van der Waals surface area contributed by atoms with Gasteiger partial charge in [-0.25, -0.2) is 4.39 Å². The minimum absolute atomic E-state index is 0.147. The number of hydrogen-bond donors (Lipinski definition) is 0. The zero-order valence-corrected chi connectivity index (χ0v) is 16.3. The number of aryl methyl sites for hydroxylation is 2. The van der Waals surface area contributed by atoms with E-state index < -0.39 is 0 Å². The minimum atomic E-state index is -0.147. The fourth-order valence-corrected chi connectivity index (χ4v) is 5.17. The Kier molecular flexibility index (Phi) is 4.08. The van der Waals surface area contributed by atoms with Crippen molar-refractivity contribution >= 4 is 10.9 Å². The summed E-state index contributed by atoms with van der Waals surface area (Å²) >= 11 is 0. The van der Waals surface area contributed by atoms with Crippen LogP contribution in [-0.4, -0.2) is 29.6 Å². The monoisotopic (exact) mass is 362 g/mol. The van der Waals surface area contributed by atoms with Crippen LogP contribution in [0.25, 0.3) is 10.9 Å². The van der Waals surface area contributed by atoms with E-state index in [2.05, 4.69) is 35.6 Å². The third-order valence-corrected chi connectivity index (χ3v) is 6.58. The van der Waals surface area contributed by atoms with E-state index in [0.717, 1.165) is 45.3 Å². The first-order valence-electron chi connectivity index (χ1n) is 10.2. The van der Waals surface area contributed by atoms with Crippen molar-refractivity contribution in [1.82, 2.24) is 9.47 Å². The van der Waals surface area contributed by atoms with Crippen molar-refractivity contribution in [2.75, 3.05) is 20.1 Å². The molecule has 1 aromatic heterocycles. The normalized spacial score (nSPS) is 20.3. The highest BCUT2D eigenvalue weighted by Gasteiger charge is 2.27. The van der Waals surface area contributed by atoms with Gasteiger partial charge in [0.15, 0.2) is 0 Å². The molecule has 0 amide bonds.